The second kappa shape index (κ2) is 7.43. The molecule has 2 rings (SSSR count). The van der Waals surface area contributed by atoms with E-state index in [0.29, 0.717) is 0 Å². The van der Waals surface area contributed by atoms with E-state index in [9.17, 15) is 0 Å². The first-order valence-corrected chi connectivity index (χ1v) is 8.45. The number of rotatable bonds is 5. The van der Waals surface area contributed by atoms with E-state index in [4.69, 9.17) is 4.74 Å². The third-order valence-corrected chi connectivity index (χ3v) is 4.71. The van der Waals surface area contributed by atoms with Gasteiger partial charge in [0.1, 0.15) is 5.75 Å². The summed E-state index contributed by atoms with van der Waals surface area (Å²) < 4.78 is 7.61. The van der Waals surface area contributed by atoms with Crippen molar-refractivity contribution in [2.75, 3.05) is 7.11 Å². The third-order valence-electron chi connectivity index (χ3n) is 3.53. The number of methoxy groups -OCH3 is 1. The largest absolute Gasteiger partial charge is 0.496 e. The molecule has 0 heterocycles. The Morgan fingerprint density at radius 2 is 1.62 bits per heavy atom. The standard InChI is InChI=1S/C17H19Br2NO/c1-11(14-9-8-13(18)10-16(14)19)20-12(2)15-6-4-5-7-17(15)21-3/h4-12,20H,1-3H3/t11?,12-/m1/s1. The van der Waals surface area contributed by atoms with Crippen LogP contribution >= 0.6 is 31.9 Å². The van der Waals surface area contributed by atoms with Crippen molar-refractivity contribution in [1.82, 2.24) is 5.32 Å². The molecule has 0 spiro atoms. The van der Waals surface area contributed by atoms with Gasteiger partial charge in [-0.2, -0.15) is 0 Å². The van der Waals surface area contributed by atoms with Gasteiger partial charge in [0.15, 0.2) is 0 Å². The van der Waals surface area contributed by atoms with E-state index >= 15 is 0 Å². The van der Waals surface area contributed by atoms with Crippen molar-refractivity contribution in [2.45, 2.75) is 25.9 Å². The lowest BCUT2D eigenvalue weighted by Gasteiger charge is -2.23. The molecule has 0 fully saturated rings. The first kappa shape index (κ1) is 16.5. The molecule has 4 heteroatoms. The van der Waals surface area contributed by atoms with Gasteiger partial charge in [-0.15, -0.1) is 0 Å². The van der Waals surface area contributed by atoms with E-state index in [-0.39, 0.29) is 12.1 Å². The van der Waals surface area contributed by atoms with Gasteiger partial charge in [-0.25, -0.2) is 0 Å². The predicted molar refractivity (Wildman–Crippen MR) is 94.8 cm³/mol. The lowest BCUT2D eigenvalue weighted by molar-refractivity contribution is 0.396. The first-order chi connectivity index (χ1) is 10.0. The molecule has 0 bridgehead atoms. The van der Waals surface area contributed by atoms with Gasteiger partial charge in [0.2, 0.25) is 0 Å². The Hall–Kier alpha value is -0.840. The minimum atomic E-state index is 0.201. The van der Waals surface area contributed by atoms with Crippen molar-refractivity contribution in [3.8, 4) is 5.75 Å². The van der Waals surface area contributed by atoms with E-state index in [1.165, 1.54) is 11.1 Å². The van der Waals surface area contributed by atoms with E-state index in [1.807, 2.05) is 18.2 Å². The maximum absolute atomic E-state index is 5.44. The minimum absolute atomic E-state index is 0.201. The van der Waals surface area contributed by atoms with E-state index in [2.05, 4.69) is 75.3 Å². The van der Waals surface area contributed by atoms with Crippen molar-refractivity contribution in [3.05, 3.63) is 62.5 Å². The van der Waals surface area contributed by atoms with E-state index in [0.717, 1.165) is 14.7 Å². The summed E-state index contributed by atoms with van der Waals surface area (Å²) in [6.07, 6.45) is 0. The second-order valence-corrected chi connectivity index (χ2v) is 6.79. The average molecular weight is 413 g/mol. The first-order valence-electron chi connectivity index (χ1n) is 6.87. The molecule has 1 unspecified atom stereocenters. The molecule has 0 saturated heterocycles. The molecule has 0 aromatic heterocycles. The lowest BCUT2D eigenvalue weighted by Crippen LogP contribution is -2.23. The van der Waals surface area contributed by atoms with Crippen LogP contribution < -0.4 is 10.1 Å². The Bertz CT molecular complexity index is 615. The zero-order valence-corrected chi connectivity index (χ0v) is 15.5. The molecular formula is C17H19Br2NO. The Kier molecular flexibility index (Phi) is 5.85. The van der Waals surface area contributed by atoms with Gasteiger partial charge in [-0.1, -0.05) is 56.1 Å². The fourth-order valence-electron chi connectivity index (χ4n) is 2.43. The molecule has 21 heavy (non-hydrogen) atoms. The Labute approximate surface area is 143 Å². The number of ether oxygens (including phenoxy) is 1. The molecule has 0 radical (unpaired) electrons. The highest BCUT2D eigenvalue weighted by Gasteiger charge is 2.16. The van der Waals surface area contributed by atoms with Crippen LogP contribution in [0.15, 0.2) is 51.4 Å². The van der Waals surface area contributed by atoms with Gasteiger partial charge in [0.05, 0.1) is 7.11 Å². The summed E-state index contributed by atoms with van der Waals surface area (Å²) in [4.78, 5) is 0. The number of nitrogens with one attached hydrogen (secondary N) is 1. The Balaban J connectivity index is 2.16. The lowest BCUT2D eigenvalue weighted by atomic mass is 10.0. The van der Waals surface area contributed by atoms with E-state index < -0.39 is 0 Å². The van der Waals surface area contributed by atoms with Crippen LogP contribution in [0, 0.1) is 0 Å². The molecule has 1 N–H and O–H groups in total. The molecule has 2 aromatic rings. The zero-order valence-electron chi connectivity index (χ0n) is 12.4. The maximum Gasteiger partial charge on any atom is 0.123 e. The second-order valence-electron chi connectivity index (χ2n) is 5.02. The summed E-state index contributed by atoms with van der Waals surface area (Å²) in [5.74, 6) is 0.916. The normalized spacial score (nSPS) is 13.8. The van der Waals surface area contributed by atoms with Crippen LogP contribution in [-0.2, 0) is 0 Å². The van der Waals surface area contributed by atoms with Crippen molar-refractivity contribution in [3.63, 3.8) is 0 Å². The summed E-state index contributed by atoms with van der Waals surface area (Å²) in [6.45, 7) is 4.32. The van der Waals surface area contributed by atoms with Gasteiger partial charge >= 0.3 is 0 Å². The number of halogens is 2. The molecule has 2 atom stereocenters. The van der Waals surface area contributed by atoms with Crippen molar-refractivity contribution < 1.29 is 4.74 Å². The zero-order chi connectivity index (χ0) is 15.4. The molecule has 2 aromatic carbocycles. The monoisotopic (exact) mass is 411 g/mol. The molecule has 0 aliphatic rings. The molecule has 112 valence electrons. The fourth-order valence-corrected chi connectivity index (χ4v) is 3.82. The van der Waals surface area contributed by atoms with Crippen LogP contribution in [0.25, 0.3) is 0 Å². The van der Waals surface area contributed by atoms with Crippen LogP contribution in [0.1, 0.15) is 37.1 Å². The highest BCUT2D eigenvalue weighted by atomic mass is 79.9. The fraction of sp³-hybridized carbons (Fsp3) is 0.294. The molecule has 2 nitrogen and oxygen atoms in total. The molecule has 0 saturated carbocycles. The van der Waals surface area contributed by atoms with Gasteiger partial charge in [-0.05, 0) is 37.6 Å². The highest BCUT2D eigenvalue weighted by Crippen LogP contribution is 2.30. The van der Waals surface area contributed by atoms with Crippen molar-refractivity contribution >= 4 is 31.9 Å². The van der Waals surface area contributed by atoms with Crippen molar-refractivity contribution in [1.29, 1.82) is 0 Å². The number of benzene rings is 2. The average Bonchev–Trinajstić information content (AvgIpc) is 2.46. The number of hydrogen-bond donors (Lipinski definition) is 1. The smallest absolute Gasteiger partial charge is 0.123 e. The Morgan fingerprint density at radius 3 is 2.29 bits per heavy atom. The molecule has 0 amide bonds. The predicted octanol–water partition coefficient (Wildman–Crippen LogP) is 5.63. The van der Waals surface area contributed by atoms with Gasteiger partial charge < -0.3 is 10.1 Å². The number of hydrogen-bond acceptors (Lipinski definition) is 2. The van der Waals surface area contributed by atoms with Crippen LogP contribution in [-0.4, -0.2) is 7.11 Å². The highest BCUT2D eigenvalue weighted by molar-refractivity contribution is 9.11. The summed E-state index contributed by atoms with van der Waals surface area (Å²) in [7, 11) is 1.71. The van der Waals surface area contributed by atoms with Crippen LogP contribution in [0.5, 0.6) is 5.75 Å². The summed E-state index contributed by atoms with van der Waals surface area (Å²) >= 11 is 7.11. The quantitative estimate of drug-likeness (QED) is 0.686. The van der Waals surface area contributed by atoms with Gasteiger partial charge in [0.25, 0.3) is 0 Å². The summed E-state index contributed by atoms with van der Waals surface area (Å²) in [5, 5.41) is 3.62. The molecule has 0 aliphatic heterocycles. The third kappa shape index (κ3) is 4.09. The molecular weight excluding hydrogens is 394 g/mol. The summed E-state index contributed by atoms with van der Waals surface area (Å²) in [5.41, 5.74) is 2.40. The van der Waals surface area contributed by atoms with Gasteiger partial charge in [-0.3, -0.25) is 0 Å². The summed E-state index contributed by atoms with van der Waals surface area (Å²) in [6, 6.07) is 14.8. The number of para-hydroxylation sites is 1. The van der Waals surface area contributed by atoms with E-state index in [1.54, 1.807) is 7.11 Å². The SMILES string of the molecule is COc1ccccc1[C@@H](C)NC(C)c1ccc(Br)cc1Br. The van der Waals surface area contributed by atoms with Crippen LogP contribution in [0.2, 0.25) is 0 Å². The van der Waals surface area contributed by atoms with Crippen molar-refractivity contribution in [2.24, 2.45) is 0 Å². The minimum Gasteiger partial charge on any atom is -0.496 e. The van der Waals surface area contributed by atoms with Crippen LogP contribution in [0.4, 0.5) is 0 Å². The van der Waals surface area contributed by atoms with Gasteiger partial charge in [0, 0.05) is 26.6 Å². The molecule has 0 aliphatic carbocycles. The topological polar surface area (TPSA) is 21.3 Å². The van der Waals surface area contributed by atoms with Crippen LogP contribution in [0.3, 0.4) is 0 Å². The Morgan fingerprint density at radius 1 is 0.952 bits per heavy atom. The maximum atomic E-state index is 5.44.